The van der Waals surface area contributed by atoms with Crippen LogP contribution in [0.3, 0.4) is 0 Å². The Bertz CT molecular complexity index is 771. The van der Waals surface area contributed by atoms with Crippen molar-refractivity contribution in [2.45, 2.75) is 6.92 Å². The maximum absolute atomic E-state index is 12.5. The van der Waals surface area contributed by atoms with E-state index in [1.807, 2.05) is 43.3 Å². The summed E-state index contributed by atoms with van der Waals surface area (Å²) in [6.07, 6.45) is 1.79. The second kappa shape index (κ2) is 4.28. The molecular formula is C16H14N2O. The van der Waals surface area contributed by atoms with Crippen molar-refractivity contribution in [3.8, 4) is 0 Å². The molecule has 94 valence electrons. The average molecular weight is 250 g/mol. The molecule has 0 fully saturated rings. The first-order valence-corrected chi connectivity index (χ1v) is 6.14. The lowest BCUT2D eigenvalue weighted by atomic mass is 10.1. The van der Waals surface area contributed by atoms with Crippen LogP contribution in [0.15, 0.2) is 54.7 Å². The summed E-state index contributed by atoms with van der Waals surface area (Å²) in [6.45, 7) is 2.01. The number of hydrogen-bond donors (Lipinski definition) is 1. The molecule has 1 aromatic heterocycles. The van der Waals surface area contributed by atoms with Crippen molar-refractivity contribution in [3.05, 3.63) is 65.9 Å². The van der Waals surface area contributed by atoms with Crippen molar-refractivity contribution in [2.75, 3.05) is 5.73 Å². The number of carbonyl (C=O) groups is 1. The van der Waals surface area contributed by atoms with E-state index in [1.165, 1.54) is 0 Å². The molecule has 3 aromatic rings. The number of fused-ring (bicyclic) bond motifs is 1. The van der Waals surface area contributed by atoms with Crippen LogP contribution in [0.25, 0.3) is 10.9 Å². The van der Waals surface area contributed by atoms with Crippen LogP contribution in [0, 0.1) is 6.92 Å². The van der Waals surface area contributed by atoms with Gasteiger partial charge in [0.2, 0.25) is 0 Å². The van der Waals surface area contributed by atoms with E-state index in [1.54, 1.807) is 22.9 Å². The normalized spacial score (nSPS) is 10.8. The third-order valence-electron chi connectivity index (χ3n) is 3.26. The molecule has 0 radical (unpaired) electrons. The van der Waals surface area contributed by atoms with E-state index < -0.39 is 0 Å². The summed E-state index contributed by atoms with van der Waals surface area (Å²) in [6, 6.07) is 15.1. The first-order valence-electron chi connectivity index (χ1n) is 6.14. The van der Waals surface area contributed by atoms with Crippen LogP contribution >= 0.6 is 0 Å². The highest BCUT2D eigenvalue weighted by Crippen LogP contribution is 2.20. The Morgan fingerprint density at radius 3 is 2.68 bits per heavy atom. The molecule has 0 atom stereocenters. The van der Waals surface area contributed by atoms with Gasteiger partial charge in [0.25, 0.3) is 5.91 Å². The molecule has 19 heavy (non-hydrogen) atoms. The monoisotopic (exact) mass is 250 g/mol. The number of carbonyl (C=O) groups excluding carboxylic acids is 1. The zero-order valence-corrected chi connectivity index (χ0v) is 10.6. The molecule has 3 heteroatoms. The fraction of sp³-hybridized carbons (Fsp3) is 0.0625. The fourth-order valence-electron chi connectivity index (χ4n) is 2.24. The highest BCUT2D eigenvalue weighted by Gasteiger charge is 2.13. The number of nitrogens with zero attached hydrogens (tertiary/aromatic N) is 1. The molecular weight excluding hydrogens is 236 g/mol. The smallest absolute Gasteiger partial charge is 0.264 e. The van der Waals surface area contributed by atoms with Gasteiger partial charge in [0, 0.05) is 17.3 Å². The zero-order chi connectivity index (χ0) is 13.4. The standard InChI is InChI=1S/C16H14N2O/c1-11-6-7-12-8-9-18(15(12)10-11)16(19)13-4-2-3-5-14(13)17/h2-10H,17H2,1H3. The third kappa shape index (κ3) is 1.89. The van der Waals surface area contributed by atoms with E-state index in [-0.39, 0.29) is 5.91 Å². The highest BCUT2D eigenvalue weighted by atomic mass is 16.2. The Balaban J connectivity index is 2.17. The molecule has 0 unspecified atom stereocenters. The van der Waals surface area contributed by atoms with E-state index >= 15 is 0 Å². The molecule has 0 amide bonds. The van der Waals surface area contributed by atoms with Gasteiger partial charge >= 0.3 is 0 Å². The highest BCUT2D eigenvalue weighted by molar-refractivity contribution is 6.05. The minimum absolute atomic E-state index is 0.0984. The van der Waals surface area contributed by atoms with Gasteiger partial charge < -0.3 is 5.73 Å². The van der Waals surface area contributed by atoms with E-state index in [4.69, 9.17) is 5.73 Å². The van der Waals surface area contributed by atoms with Gasteiger partial charge in [-0.15, -0.1) is 0 Å². The van der Waals surface area contributed by atoms with Crippen molar-refractivity contribution >= 4 is 22.5 Å². The maximum atomic E-state index is 12.5. The molecule has 3 rings (SSSR count). The lowest BCUT2D eigenvalue weighted by Crippen LogP contribution is -2.12. The molecule has 1 heterocycles. The van der Waals surface area contributed by atoms with E-state index in [9.17, 15) is 4.79 Å². The van der Waals surface area contributed by atoms with Crippen molar-refractivity contribution < 1.29 is 4.79 Å². The van der Waals surface area contributed by atoms with Gasteiger partial charge in [0.05, 0.1) is 11.1 Å². The molecule has 0 saturated carbocycles. The molecule has 0 saturated heterocycles. The second-order valence-electron chi connectivity index (χ2n) is 4.64. The van der Waals surface area contributed by atoms with Crippen molar-refractivity contribution in [2.24, 2.45) is 0 Å². The molecule has 0 aliphatic rings. The first kappa shape index (κ1) is 11.5. The van der Waals surface area contributed by atoms with Crippen LogP contribution in [0.2, 0.25) is 0 Å². The molecule has 2 aromatic carbocycles. The quantitative estimate of drug-likeness (QED) is 0.674. The average Bonchev–Trinajstić information content (AvgIpc) is 2.81. The lowest BCUT2D eigenvalue weighted by molar-refractivity contribution is 0.0966. The summed E-state index contributed by atoms with van der Waals surface area (Å²) in [5.41, 5.74) is 8.93. The lowest BCUT2D eigenvalue weighted by Gasteiger charge is -2.07. The van der Waals surface area contributed by atoms with Crippen molar-refractivity contribution in [1.29, 1.82) is 0 Å². The SMILES string of the molecule is Cc1ccc2ccn(C(=O)c3ccccc3N)c2c1. The summed E-state index contributed by atoms with van der Waals surface area (Å²) < 4.78 is 1.65. The minimum Gasteiger partial charge on any atom is -0.398 e. The Labute approximate surface area is 111 Å². The molecule has 0 spiro atoms. The van der Waals surface area contributed by atoms with Gasteiger partial charge in [-0.05, 0) is 36.8 Å². The van der Waals surface area contributed by atoms with Gasteiger partial charge in [0.15, 0.2) is 0 Å². The van der Waals surface area contributed by atoms with Crippen LogP contribution in [-0.2, 0) is 0 Å². The second-order valence-corrected chi connectivity index (χ2v) is 4.64. The van der Waals surface area contributed by atoms with Crippen molar-refractivity contribution in [3.63, 3.8) is 0 Å². The van der Waals surface area contributed by atoms with Crippen LogP contribution in [0.5, 0.6) is 0 Å². The van der Waals surface area contributed by atoms with Gasteiger partial charge in [-0.25, -0.2) is 0 Å². The van der Waals surface area contributed by atoms with Crippen LogP contribution in [-0.4, -0.2) is 10.5 Å². The van der Waals surface area contributed by atoms with Gasteiger partial charge in [-0.2, -0.15) is 0 Å². The summed E-state index contributed by atoms with van der Waals surface area (Å²) >= 11 is 0. The molecule has 0 aliphatic heterocycles. The molecule has 0 bridgehead atoms. The Morgan fingerprint density at radius 1 is 1.11 bits per heavy atom. The van der Waals surface area contributed by atoms with Gasteiger partial charge in [-0.1, -0.05) is 24.3 Å². The van der Waals surface area contributed by atoms with Crippen LogP contribution < -0.4 is 5.73 Å². The first-order chi connectivity index (χ1) is 9.16. The largest absolute Gasteiger partial charge is 0.398 e. The van der Waals surface area contributed by atoms with E-state index in [0.717, 1.165) is 16.5 Å². The zero-order valence-electron chi connectivity index (χ0n) is 10.6. The molecule has 2 N–H and O–H groups in total. The van der Waals surface area contributed by atoms with Crippen molar-refractivity contribution in [1.82, 2.24) is 4.57 Å². The number of rotatable bonds is 1. The Morgan fingerprint density at radius 2 is 1.89 bits per heavy atom. The summed E-state index contributed by atoms with van der Waals surface area (Å²) in [5, 5.41) is 1.05. The summed E-state index contributed by atoms with van der Waals surface area (Å²) in [7, 11) is 0. The molecule has 3 nitrogen and oxygen atoms in total. The predicted octanol–water partition coefficient (Wildman–Crippen LogP) is 3.22. The summed E-state index contributed by atoms with van der Waals surface area (Å²) in [4.78, 5) is 12.5. The minimum atomic E-state index is -0.0984. The Hall–Kier alpha value is -2.55. The number of aryl methyl sites for hydroxylation is 1. The van der Waals surface area contributed by atoms with Gasteiger partial charge in [-0.3, -0.25) is 9.36 Å². The third-order valence-corrected chi connectivity index (χ3v) is 3.26. The van der Waals surface area contributed by atoms with Gasteiger partial charge in [0.1, 0.15) is 0 Å². The molecule has 0 aliphatic carbocycles. The Kier molecular flexibility index (Phi) is 2.60. The number of para-hydroxylation sites is 1. The number of benzene rings is 2. The number of hydrogen-bond acceptors (Lipinski definition) is 2. The number of aromatic nitrogens is 1. The topological polar surface area (TPSA) is 48.0 Å². The number of nitrogens with two attached hydrogens (primary N) is 1. The van der Waals surface area contributed by atoms with Crippen LogP contribution in [0.4, 0.5) is 5.69 Å². The number of anilines is 1. The maximum Gasteiger partial charge on any atom is 0.264 e. The fourth-order valence-corrected chi connectivity index (χ4v) is 2.24. The predicted molar refractivity (Wildman–Crippen MR) is 77.3 cm³/mol. The van der Waals surface area contributed by atoms with E-state index in [2.05, 4.69) is 0 Å². The number of nitrogen functional groups attached to an aromatic ring is 1. The summed E-state index contributed by atoms with van der Waals surface area (Å²) in [5.74, 6) is -0.0984. The van der Waals surface area contributed by atoms with Crippen LogP contribution in [0.1, 0.15) is 15.9 Å². The van der Waals surface area contributed by atoms with E-state index in [0.29, 0.717) is 11.3 Å².